The minimum atomic E-state index is 0.455. The van der Waals surface area contributed by atoms with Crippen molar-refractivity contribution in [1.29, 1.82) is 0 Å². The summed E-state index contributed by atoms with van der Waals surface area (Å²) in [6.45, 7) is 0.455. The largest absolute Gasteiger partial charge is 0.396 e. The Balaban J connectivity index is 1.73. The Labute approximate surface area is 85.2 Å². The Morgan fingerprint density at radius 3 is 3.07 bits per heavy atom. The van der Waals surface area contributed by atoms with Crippen molar-refractivity contribution >= 4 is 0 Å². The van der Waals surface area contributed by atoms with Gasteiger partial charge in [-0.05, 0) is 61.2 Å². The standard InChI is InChI=1S/C13H18O/c14-6-10-4-9-5-11(10)13-8-2-1-7(3-8)12(9)13/h1,8-14H,2-6H2. The normalized spacial score (nSPS) is 57.9. The lowest BCUT2D eigenvalue weighted by Crippen LogP contribution is -2.31. The lowest BCUT2D eigenvalue weighted by atomic mass is 9.70. The van der Waals surface area contributed by atoms with Gasteiger partial charge in [0.15, 0.2) is 0 Å². The smallest absolute Gasteiger partial charge is 0.0462 e. The second-order valence-electron chi connectivity index (χ2n) is 5.92. The molecule has 1 N–H and O–H groups in total. The molecule has 0 spiro atoms. The van der Waals surface area contributed by atoms with Crippen molar-refractivity contribution in [3.05, 3.63) is 11.6 Å². The van der Waals surface area contributed by atoms with Crippen LogP contribution in [0.15, 0.2) is 11.6 Å². The van der Waals surface area contributed by atoms with Gasteiger partial charge in [0.05, 0.1) is 0 Å². The second-order valence-corrected chi connectivity index (χ2v) is 5.92. The van der Waals surface area contributed by atoms with E-state index in [4.69, 9.17) is 0 Å². The summed E-state index contributed by atoms with van der Waals surface area (Å²) < 4.78 is 0. The van der Waals surface area contributed by atoms with E-state index in [0.717, 1.165) is 29.6 Å². The third-order valence-corrected chi connectivity index (χ3v) is 5.59. The number of hydrogen-bond donors (Lipinski definition) is 1. The zero-order valence-electron chi connectivity index (χ0n) is 8.52. The first-order valence-electron chi connectivity index (χ1n) is 6.18. The van der Waals surface area contributed by atoms with E-state index in [0.29, 0.717) is 12.5 Å². The molecule has 6 atom stereocenters. The average Bonchev–Trinajstić information content (AvgIpc) is 2.94. The lowest BCUT2D eigenvalue weighted by Gasteiger charge is -2.35. The predicted octanol–water partition coefficient (Wildman–Crippen LogP) is 2.22. The van der Waals surface area contributed by atoms with Gasteiger partial charge in [-0.2, -0.15) is 0 Å². The fourth-order valence-corrected chi connectivity index (χ4v) is 5.29. The average molecular weight is 190 g/mol. The fraction of sp³-hybridized carbons (Fsp3) is 0.846. The number of aliphatic hydroxyl groups excluding tert-OH is 1. The van der Waals surface area contributed by atoms with Crippen LogP contribution >= 0.6 is 0 Å². The molecule has 0 radical (unpaired) electrons. The summed E-state index contributed by atoms with van der Waals surface area (Å²) >= 11 is 0. The van der Waals surface area contributed by atoms with Crippen LogP contribution in [-0.2, 0) is 0 Å². The maximum Gasteiger partial charge on any atom is 0.0462 e. The summed E-state index contributed by atoms with van der Waals surface area (Å²) in [7, 11) is 0. The Morgan fingerprint density at radius 2 is 2.21 bits per heavy atom. The van der Waals surface area contributed by atoms with Crippen molar-refractivity contribution < 1.29 is 5.11 Å². The Hall–Kier alpha value is -0.300. The molecule has 4 aliphatic rings. The highest BCUT2D eigenvalue weighted by Crippen LogP contribution is 2.66. The van der Waals surface area contributed by atoms with Gasteiger partial charge in [-0.15, -0.1) is 0 Å². The van der Waals surface area contributed by atoms with Crippen LogP contribution in [-0.4, -0.2) is 11.7 Å². The molecule has 1 nitrogen and oxygen atoms in total. The highest BCUT2D eigenvalue weighted by molar-refractivity contribution is 5.28. The van der Waals surface area contributed by atoms with E-state index in [1.165, 1.54) is 25.7 Å². The monoisotopic (exact) mass is 190 g/mol. The Bertz CT molecular complexity index is 306. The number of aliphatic hydroxyl groups is 1. The summed E-state index contributed by atoms with van der Waals surface area (Å²) in [5.74, 6) is 5.47. The number of hydrogen-bond acceptors (Lipinski definition) is 1. The number of fused-ring (bicyclic) bond motifs is 9. The molecule has 0 aromatic heterocycles. The molecule has 3 saturated carbocycles. The fourth-order valence-electron chi connectivity index (χ4n) is 5.29. The van der Waals surface area contributed by atoms with Crippen LogP contribution in [0.2, 0.25) is 0 Å². The van der Waals surface area contributed by atoms with E-state index in [2.05, 4.69) is 6.08 Å². The van der Waals surface area contributed by atoms with Crippen molar-refractivity contribution in [3.8, 4) is 0 Å². The number of rotatable bonds is 1. The molecule has 0 aromatic carbocycles. The van der Waals surface area contributed by atoms with E-state index >= 15 is 0 Å². The molecule has 4 rings (SSSR count). The van der Waals surface area contributed by atoms with Crippen LogP contribution in [0.1, 0.15) is 25.7 Å². The van der Waals surface area contributed by atoms with Crippen molar-refractivity contribution in [3.63, 3.8) is 0 Å². The van der Waals surface area contributed by atoms with Crippen LogP contribution < -0.4 is 0 Å². The molecule has 0 aliphatic heterocycles. The third-order valence-electron chi connectivity index (χ3n) is 5.59. The van der Waals surface area contributed by atoms with E-state index in [1.54, 1.807) is 0 Å². The zero-order valence-corrected chi connectivity index (χ0v) is 8.52. The predicted molar refractivity (Wildman–Crippen MR) is 54.6 cm³/mol. The van der Waals surface area contributed by atoms with E-state index < -0.39 is 0 Å². The molecule has 0 saturated heterocycles. The number of allylic oxidation sites excluding steroid dienone is 2. The highest BCUT2D eigenvalue weighted by Gasteiger charge is 2.59. The lowest BCUT2D eigenvalue weighted by molar-refractivity contribution is 0.103. The first kappa shape index (κ1) is 7.92. The molecule has 1 heteroatoms. The van der Waals surface area contributed by atoms with Crippen molar-refractivity contribution in [2.24, 2.45) is 35.5 Å². The van der Waals surface area contributed by atoms with Gasteiger partial charge in [0.1, 0.15) is 0 Å². The van der Waals surface area contributed by atoms with E-state index in [-0.39, 0.29) is 0 Å². The maximum absolute atomic E-state index is 9.36. The summed E-state index contributed by atoms with van der Waals surface area (Å²) in [5.41, 5.74) is 1.81. The van der Waals surface area contributed by atoms with Crippen LogP contribution in [0.5, 0.6) is 0 Å². The summed E-state index contributed by atoms with van der Waals surface area (Å²) in [6, 6.07) is 0. The van der Waals surface area contributed by atoms with Crippen LogP contribution in [0.3, 0.4) is 0 Å². The molecule has 6 unspecified atom stereocenters. The minimum absolute atomic E-state index is 0.455. The van der Waals surface area contributed by atoms with Gasteiger partial charge < -0.3 is 5.11 Å². The van der Waals surface area contributed by atoms with Crippen LogP contribution in [0, 0.1) is 35.5 Å². The molecular weight excluding hydrogens is 172 g/mol. The molecule has 14 heavy (non-hydrogen) atoms. The molecule has 76 valence electrons. The van der Waals surface area contributed by atoms with Crippen LogP contribution in [0.4, 0.5) is 0 Å². The first-order chi connectivity index (χ1) is 6.88. The van der Waals surface area contributed by atoms with Gasteiger partial charge in [-0.25, -0.2) is 0 Å². The molecule has 3 fully saturated rings. The van der Waals surface area contributed by atoms with Gasteiger partial charge >= 0.3 is 0 Å². The minimum Gasteiger partial charge on any atom is -0.396 e. The van der Waals surface area contributed by atoms with Crippen molar-refractivity contribution in [2.45, 2.75) is 25.7 Å². The SMILES string of the molecule is OCC1CC2CC1C1C3CC=C(C3)C21. The second kappa shape index (κ2) is 2.44. The van der Waals surface area contributed by atoms with Gasteiger partial charge in [-0.3, -0.25) is 0 Å². The molecular formula is C13H18O. The topological polar surface area (TPSA) is 20.2 Å². The molecule has 4 bridgehead atoms. The Kier molecular flexibility index (Phi) is 1.38. The third kappa shape index (κ3) is 0.735. The molecule has 0 heterocycles. The van der Waals surface area contributed by atoms with Gasteiger partial charge in [0.2, 0.25) is 0 Å². The van der Waals surface area contributed by atoms with Gasteiger partial charge in [0.25, 0.3) is 0 Å². The quantitative estimate of drug-likeness (QED) is 0.496. The van der Waals surface area contributed by atoms with Gasteiger partial charge in [-0.1, -0.05) is 11.6 Å². The summed E-state index contributed by atoms with van der Waals surface area (Å²) in [4.78, 5) is 0. The molecule has 4 aliphatic carbocycles. The summed E-state index contributed by atoms with van der Waals surface area (Å²) in [6.07, 6.45) is 8.07. The first-order valence-corrected chi connectivity index (χ1v) is 6.18. The van der Waals surface area contributed by atoms with E-state index in [1.807, 2.05) is 5.57 Å². The summed E-state index contributed by atoms with van der Waals surface area (Å²) in [5, 5.41) is 9.36. The van der Waals surface area contributed by atoms with Crippen molar-refractivity contribution in [1.82, 2.24) is 0 Å². The highest BCUT2D eigenvalue weighted by atomic mass is 16.3. The van der Waals surface area contributed by atoms with Crippen LogP contribution in [0.25, 0.3) is 0 Å². The molecule has 0 aromatic rings. The van der Waals surface area contributed by atoms with E-state index in [9.17, 15) is 5.11 Å². The maximum atomic E-state index is 9.36. The zero-order chi connectivity index (χ0) is 9.28. The Morgan fingerprint density at radius 1 is 1.29 bits per heavy atom. The molecule has 0 amide bonds. The van der Waals surface area contributed by atoms with Crippen molar-refractivity contribution in [2.75, 3.05) is 6.61 Å². The van der Waals surface area contributed by atoms with Gasteiger partial charge in [0, 0.05) is 6.61 Å².